The summed E-state index contributed by atoms with van der Waals surface area (Å²) in [5.74, 6) is 0. The van der Waals surface area contributed by atoms with E-state index in [2.05, 4.69) is 30.6 Å². The molecule has 0 saturated carbocycles. The van der Waals surface area contributed by atoms with Crippen LogP contribution in [-0.2, 0) is 13.6 Å². The van der Waals surface area contributed by atoms with Crippen LogP contribution in [0.5, 0.6) is 0 Å². The van der Waals surface area contributed by atoms with Gasteiger partial charge in [0.05, 0.1) is 13.2 Å². The average Bonchev–Trinajstić information content (AvgIpc) is 2.85. The topological polar surface area (TPSA) is 62.2 Å². The van der Waals surface area contributed by atoms with Gasteiger partial charge in [-0.15, -0.1) is 0 Å². The highest BCUT2D eigenvalue weighted by Gasteiger charge is 2.23. The molecule has 6 nitrogen and oxygen atoms in total. The van der Waals surface area contributed by atoms with Crippen LogP contribution in [-0.4, -0.2) is 66.7 Å². The van der Waals surface area contributed by atoms with Crippen LogP contribution < -0.4 is 0 Å². The third-order valence-corrected chi connectivity index (χ3v) is 8.35. The van der Waals surface area contributed by atoms with Crippen molar-refractivity contribution < 1.29 is 18.5 Å². The normalized spacial score (nSPS) is 17.3. The highest BCUT2D eigenvalue weighted by atomic mass is 31.2. The van der Waals surface area contributed by atoms with Crippen molar-refractivity contribution >= 4 is 7.82 Å². The lowest BCUT2D eigenvalue weighted by Gasteiger charge is -2.39. The van der Waals surface area contributed by atoms with Crippen LogP contribution >= 0.6 is 7.82 Å². The molecular weight excluding hydrogens is 459 g/mol. The fourth-order valence-electron chi connectivity index (χ4n) is 5.02. The lowest BCUT2D eigenvalue weighted by Crippen LogP contribution is -2.50. The van der Waals surface area contributed by atoms with E-state index in [1.165, 1.54) is 96.6 Å². The van der Waals surface area contributed by atoms with Crippen LogP contribution in [0.1, 0.15) is 130 Å². The summed E-state index contributed by atoms with van der Waals surface area (Å²) in [5.41, 5.74) is 0. The largest absolute Gasteiger partial charge is 0.472 e. The molecule has 1 heterocycles. The highest BCUT2D eigenvalue weighted by molar-refractivity contribution is 7.47. The first-order valence-electron chi connectivity index (χ1n) is 15.1. The predicted molar refractivity (Wildman–Crippen MR) is 149 cm³/mol. The molecule has 1 rings (SSSR count). The summed E-state index contributed by atoms with van der Waals surface area (Å²) in [4.78, 5) is 15.2. The molecule has 0 amide bonds. The SMILES string of the molecule is CCCCCCCCCOP(=O)(O)OCCCCN1CCN(C(CCCCC)CCCCC)CC1. The Morgan fingerprint density at radius 1 is 0.657 bits per heavy atom. The van der Waals surface area contributed by atoms with E-state index in [4.69, 9.17) is 9.05 Å². The molecule has 1 unspecified atom stereocenters. The molecule has 35 heavy (non-hydrogen) atoms. The second kappa shape index (κ2) is 22.1. The lowest BCUT2D eigenvalue weighted by atomic mass is 9.99. The average molecular weight is 519 g/mol. The van der Waals surface area contributed by atoms with E-state index in [1.54, 1.807) is 0 Å². The summed E-state index contributed by atoms with van der Waals surface area (Å²) in [6.45, 7) is 13.1. The molecule has 1 aliphatic heterocycles. The van der Waals surface area contributed by atoms with E-state index in [0.29, 0.717) is 13.2 Å². The quantitative estimate of drug-likeness (QED) is 0.104. The molecule has 0 aromatic carbocycles. The maximum absolute atomic E-state index is 12.0. The maximum atomic E-state index is 12.0. The van der Waals surface area contributed by atoms with Gasteiger partial charge in [-0.3, -0.25) is 13.9 Å². The molecule has 0 aliphatic carbocycles. The van der Waals surface area contributed by atoms with Gasteiger partial charge in [-0.2, -0.15) is 0 Å². The Balaban J connectivity index is 2.11. The Morgan fingerprint density at radius 3 is 1.66 bits per heavy atom. The number of hydrogen-bond donors (Lipinski definition) is 1. The van der Waals surface area contributed by atoms with Crippen molar-refractivity contribution in [3.05, 3.63) is 0 Å². The van der Waals surface area contributed by atoms with Crippen LogP contribution in [0.3, 0.4) is 0 Å². The van der Waals surface area contributed by atoms with E-state index in [1.807, 2.05) is 0 Å². The number of phosphoric acid groups is 1. The van der Waals surface area contributed by atoms with E-state index in [9.17, 15) is 9.46 Å². The Kier molecular flexibility index (Phi) is 20.8. The van der Waals surface area contributed by atoms with Gasteiger partial charge in [0.1, 0.15) is 0 Å². The van der Waals surface area contributed by atoms with Gasteiger partial charge >= 0.3 is 7.82 Å². The Hall–Kier alpha value is 0.0300. The number of phosphoric ester groups is 1. The second-order valence-corrected chi connectivity index (χ2v) is 11.9. The van der Waals surface area contributed by atoms with Crippen molar-refractivity contribution in [1.82, 2.24) is 9.80 Å². The van der Waals surface area contributed by atoms with Gasteiger partial charge in [0.25, 0.3) is 0 Å². The Bertz CT molecular complexity index is 505. The monoisotopic (exact) mass is 518 g/mol. The summed E-state index contributed by atoms with van der Waals surface area (Å²) in [5, 5.41) is 0. The Morgan fingerprint density at radius 2 is 1.11 bits per heavy atom. The smallest absolute Gasteiger partial charge is 0.302 e. The first-order valence-corrected chi connectivity index (χ1v) is 16.6. The molecule has 1 aliphatic rings. The van der Waals surface area contributed by atoms with Gasteiger partial charge in [-0.05, 0) is 38.6 Å². The molecule has 0 aromatic heterocycles. The molecule has 0 radical (unpaired) electrons. The van der Waals surface area contributed by atoms with Gasteiger partial charge in [-0.25, -0.2) is 4.57 Å². The molecule has 1 atom stereocenters. The molecule has 1 saturated heterocycles. The molecule has 7 heteroatoms. The van der Waals surface area contributed by atoms with E-state index >= 15 is 0 Å². The lowest BCUT2D eigenvalue weighted by molar-refractivity contribution is 0.0833. The van der Waals surface area contributed by atoms with Crippen molar-refractivity contribution in [1.29, 1.82) is 0 Å². The van der Waals surface area contributed by atoms with Gasteiger partial charge < -0.3 is 9.79 Å². The van der Waals surface area contributed by atoms with Crippen molar-refractivity contribution in [2.75, 3.05) is 45.9 Å². The van der Waals surface area contributed by atoms with Crippen LogP contribution in [0.25, 0.3) is 0 Å². The van der Waals surface area contributed by atoms with Gasteiger partial charge in [0.15, 0.2) is 0 Å². The van der Waals surface area contributed by atoms with Gasteiger partial charge in [-0.1, -0.05) is 97.8 Å². The number of piperazine rings is 1. The minimum absolute atomic E-state index is 0.293. The molecule has 1 N–H and O–H groups in total. The zero-order chi connectivity index (χ0) is 25.6. The van der Waals surface area contributed by atoms with E-state index < -0.39 is 7.82 Å². The maximum Gasteiger partial charge on any atom is 0.472 e. The first kappa shape index (κ1) is 33.1. The molecule has 0 aromatic rings. The Labute approximate surface area is 218 Å². The van der Waals surface area contributed by atoms with E-state index in [-0.39, 0.29) is 0 Å². The molecule has 1 fully saturated rings. The zero-order valence-electron chi connectivity index (χ0n) is 23.6. The number of unbranched alkanes of at least 4 members (excludes halogenated alkanes) is 11. The van der Waals surface area contributed by atoms with E-state index in [0.717, 1.165) is 51.4 Å². The standard InChI is InChI=1S/C28H59N2O4P/c1-4-7-10-11-12-13-17-26-33-35(31,32)34-27-18-16-21-29-22-24-30(25-23-29)28(19-14-8-5-2)20-15-9-6-3/h28H,4-27H2,1-3H3,(H,31,32). The second-order valence-electron chi connectivity index (χ2n) is 10.5. The van der Waals surface area contributed by atoms with Crippen LogP contribution in [0.4, 0.5) is 0 Å². The molecule has 210 valence electrons. The van der Waals surface area contributed by atoms with Crippen molar-refractivity contribution in [3.63, 3.8) is 0 Å². The summed E-state index contributed by atoms with van der Waals surface area (Å²) in [7, 11) is -3.89. The third kappa shape index (κ3) is 18.0. The highest BCUT2D eigenvalue weighted by Crippen LogP contribution is 2.43. The minimum atomic E-state index is -3.89. The summed E-state index contributed by atoms with van der Waals surface area (Å²) < 4.78 is 22.3. The molecular formula is C28H59N2O4P. The van der Waals surface area contributed by atoms with Gasteiger partial charge in [0, 0.05) is 32.2 Å². The van der Waals surface area contributed by atoms with Crippen molar-refractivity contribution in [2.45, 2.75) is 136 Å². The fraction of sp³-hybridized carbons (Fsp3) is 1.00. The molecule has 0 spiro atoms. The zero-order valence-corrected chi connectivity index (χ0v) is 24.5. The van der Waals surface area contributed by atoms with Crippen LogP contribution in [0, 0.1) is 0 Å². The summed E-state index contributed by atoms with van der Waals surface area (Å²) in [6.07, 6.45) is 20.7. The summed E-state index contributed by atoms with van der Waals surface area (Å²) >= 11 is 0. The van der Waals surface area contributed by atoms with Gasteiger partial charge in [0.2, 0.25) is 0 Å². The summed E-state index contributed by atoms with van der Waals surface area (Å²) in [6, 6.07) is 0.767. The number of hydrogen-bond acceptors (Lipinski definition) is 5. The molecule has 0 bridgehead atoms. The number of nitrogens with zero attached hydrogens (tertiary/aromatic N) is 2. The van der Waals surface area contributed by atoms with Crippen molar-refractivity contribution in [3.8, 4) is 0 Å². The van der Waals surface area contributed by atoms with Crippen LogP contribution in [0.2, 0.25) is 0 Å². The minimum Gasteiger partial charge on any atom is -0.302 e. The fourth-order valence-corrected chi connectivity index (χ4v) is 5.81. The number of rotatable bonds is 24. The predicted octanol–water partition coefficient (Wildman–Crippen LogP) is 7.80. The van der Waals surface area contributed by atoms with Crippen LogP contribution in [0.15, 0.2) is 0 Å². The third-order valence-electron chi connectivity index (χ3n) is 7.33. The van der Waals surface area contributed by atoms with Crippen molar-refractivity contribution in [2.24, 2.45) is 0 Å². The first-order chi connectivity index (χ1) is 17.0.